The predicted octanol–water partition coefficient (Wildman–Crippen LogP) is 5.15. The Labute approximate surface area is 298 Å². The van der Waals surface area contributed by atoms with Crippen molar-refractivity contribution in [2.24, 2.45) is 0 Å². The molecule has 4 aromatic heterocycles. The Balaban J connectivity index is 0.000000137. The second-order valence-corrected chi connectivity index (χ2v) is 14.6. The molecule has 2 aliphatic heterocycles. The summed E-state index contributed by atoms with van der Waals surface area (Å²) in [5.74, 6) is 2.40. The number of aromatic nitrogens is 8. The molecular formula is C40H46N10O. The summed E-state index contributed by atoms with van der Waals surface area (Å²) in [6.07, 6.45) is 20.5. The normalized spacial score (nSPS) is 19.2. The molecule has 1 atom stereocenters. The van der Waals surface area contributed by atoms with E-state index in [9.17, 15) is 5.11 Å². The average molecular weight is 683 g/mol. The maximum Gasteiger partial charge on any atom is 0.123 e. The van der Waals surface area contributed by atoms with Crippen LogP contribution >= 0.6 is 0 Å². The van der Waals surface area contributed by atoms with Crippen LogP contribution in [0, 0.1) is 0 Å². The largest absolute Gasteiger partial charge is 0.382 e. The molecule has 1 N–H and O–H groups in total. The van der Waals surface area contributed by atoms with E-state index in [2.05, 4.69) is 63.1 Å². The molecule has 0 bridgehead atoms. The van der Waals surface area contributed by atoms with E-state index in [1.54, 1.807) is 31.0 Å². The second-order valence-electron chi connectivity index (χ2n) is 14.6. The number of hydrogen-bond acceptors (Lipinski definition) is 9. The maximum atomic E-state index is 10.6. The van der Waals surface area contributed by atoms with E-state index < -0.39 is 6.10 Å². The molecule has 0 saturated heterocycles. The number of rotatable bonds is 6. The Morgan fingerprint density at radius 2 is 1.25 bits per heavy atom. The van der Waals surface area contributed by atoms with Crippen molar-refractivity contribution < 1.29 is 5.11 Å². The van der Waals surface area contributed by atoms with Gasteiger partial charge in [-0.15, -0.1) is 0 Å². The van der Waals surface area contributed by atoms with Gasteiger partial charge in [-0.3, -0.25) is 29.7 Å². The topological polar surface area (TPSA) is 114 Å². The standard InChI is InChI=1S/C20H23N5O.C20H23N5/c26-20(17-13-21-7-8-22-17)14-4-5-18-16(12-14)23-19-6-9-24(10-11-25(18)19)15-2-1-3-15;1-2-17(3-1)24-9-6-20-23-18-13-15(12-16-14-21-7-8-22-16)4-5-19(18)25(20)11-10-24/h4-5,7-8,12-13,15,20,26H,1-3,6,9-11H2;4-5,7-8,13-14,17H,1-3,6,9-12H2. The molecule has 51 heavy (non-hydrogen) atoms. The van der Waals surface area contributed by atoms with Crippen molar-refractivity contribution in [3.63, 3.8) is 0 Å². The quantitative estimate of drug-likeness (QED) is 0.255. The molecule has 2 aliphatic carbocycles. The molecule has 2 saturated carbocycles. The van der Waals surface area contributed by atoms with E-state index >= 15 is 0 Å². The van der Waals surface area contributed by atoms with Crippen molar-refractivity contribution >= 4 is 22.1 Å². The lowest BCUT2D eigenvalue weighted by atomic mass is 9.91. The lowest BCUT2D eigenvalue weighted by Crippen LogP contribution is -2.41. The van der Waals surface area contributed by atoms with Gasteiger partial charge in [0.1, 0.15) is 17.8 Å². The van der Waals surface area contributed by atoms with Gasteiger partial charge in [0.25, 0.3) is 0 Å². The number of imidazole rings is 2. The number of fused-ring (bicyclic) bond motifs is 6. The highest BCUT2D eigenvalue weighted by Crippen LogP contribution is 2.30. The molecule has 1 unspecified atom stereocenters. The number of nitrogens with zero attached hydrogens (tertiary/aromatic N) is 10. The minimum absolute atomic E-state index is 0.559. The SMILES string of the molecule is OC(c1ccc2c(c1)nc1n2CCN(C2CCC2)CC1)c1cnccn1.c1cnc(Cc2ccc3c(c2)nc2n3CCN(C3CCC3)CC2)cn1. The third-order valence-corrected chi connectivity index (χ3v) is 11.6. The van der Waals surface area contributed by atoms with Crippen LogP contribution in [-0.2, 0) is 32.4 Å². The monoisotopic (exact) mass is 682 g/mol. The van der Waals surface area contributed by atoms with Crippen LogP contribution in [0.1, 0.15) is 78.8 Å². The molecule has 6 aromatic rings. The van der Waals surface area contributed by atoms with Gasteiger partial charge < -0.3 is 14.2 Å². The van der Waals surface area contributed by atoms with Crippen molar-refractivity contribution in [2.75, 3.05) is 26.2 Å². The van der Waals surface area contributed by atoms with Crippen LogP contribution in [0.5, 0.6) is 0 Å². The second kappa shape index (κ2) is 14.2. The number of aliphatic hydroxyl groups excluding tert-OH is 1. The summed E-state index contributed by atoms with van der Waals surface area (Å²) in [4.78, 5) is 31.9. The summed E-state index contributed by atoms with van der Waals surface area (Å²) in [7, 11) is 0. The Morgan fingerprint density at radius 1 is 0.647 bits per heavy atom. The summed E-state index contributed by atoms with van der Waals surface area (Å²) >= 11 is 0. The van der Waals surface area contributed by atoms with Gasteiger partial charge in [-0.2, -0.15) is 0 Å². The fraction of sp³-hybridized carbons (Fsp3) is 0.450. The van der Waals surface area contributed by atoms with Crippen molar-refractivity contribution in [3.05, 3.63) is 108 Å². The molecule has 4 aliphatic rings. The van der Waals surface area contributed by atoms with Crippen molar-refractivity contribution in [1.29, 1.82) is 0 Å². The Kier molecular flexibility index (Phi) is 9.01. The summed E-state index contributed by atoms with van der Waals surface area (Å²) < 4.78 is 4.78. The number of hydrogen-bond donors (Lipinski definition) is 1. The highest BCUT2D eigenvalue weighted by molar-refractivity contribution is 5.78. The zero-order valence-electron chi connectivity index (χ0n) is 29.2. The van der Waals surface area contributed by atoms with Gasteiger partial charge in [0.05, 0.1) is 39.7 Å². The third-order valence-electron chi connectivity index (χ3n) is 11.6. The van der Waals surface area contributed by atoms with E-state index in [0.29, 0.717) is 5.69 Å². The zero-order valence-corrected chi connectivity index (χ0v) is 29.2. The Hall–Kier alpha value is -4.58. The van der Waals surface area contributed by atoms with Gasteiger partial charge in [0, 0.05) is 102 Å². The first-order valence-corrected chi connectivity index (χ1v) is 18.8. The van der Waals surface area contributed by atoms with Crippen molar-refractivity contribution in [2.45, 2.75) is 89.1 Å². The van der Waals surface area contributed by atoms with Crippen LogP contribution in [0.3, 0.4) is 0 Å². The lowest BCUT2D eigenvalue weighted by Gasteiger charge is -2.36. The highest BCUT2D eigenvalue weighted by atomic mass is 16.3. The predicted molar refractivity (Wildman–Crippen MR) is 196 cm³/mol. The first-order chi connectivity index (χ1) is 25.2. The fourth-order valence-corrected chi connectivity index (χ4v) is 8.24. The van der Waals surface area contributed by atoms with Crippen molar-refractivity contribution in [1.82, 2.24) is 48.8 Å². The van der Waals surface area contributed by atoms with E-state index in [-0.39, 0.29) is 0 Å². The van der Waals surface area contributed by atoms with E-state index in [1.165, 1.54) is 55.4 Å². The van der Waals surface area contributed by atoms with Gasteiger partial charge in [-0.25, -0.2) is 9.97 Å². The zero-order chi connectivity index (χ0) is 34.1. The molecule has 11 heteroatoms. The van der Waals surface area contributed by atoms with E-state index in [4.69, 9.17) is 9.97 Å². The molecule has 0 radical (unpaired) electrons. The summed E-state index contributed by atoms with van der Waals surface area (Å²) in [6.45, 7) is 6.57. The highest BCUT2D eigenvalue weighted by Gasteiger charge is 2.29. The van der Waals surface area contributed by atoms with Crippen LogP contribution in [0.4, 0.5) is 0 Å². The van der Waals surface area contributed by atoms with E-state index in [1.807, 2.05) is 18.3 Å². The maximum absolute atomic E-state index is 10.6. The molecular weight excluding hydrogens is 637 g/mol. The molecule has 2 fully saturated rings. The summed E-state index contributed by atoms with van der Waals surface area (Å²) in [5.41, 5.74) is 8.12. The first kappa shape index (κ1) is 32.3. The minimum atomic E-state index is -0.774. The van der Waals surface area contributed by atoms with Crippen LogP contribution in [-0.4, -0.2) is 92.2 Å². The summed E-state index contributed by atoms with van der Waals surface area (Å²) in [5, 5.41) is 10.6. The minimum Gasteiger partial charge on any atom is -0.382 e. The molecule has 0 spiro atoms. The molecule has 6 heterocycles. The third kappa shape index (κ3) is 6.66. The first-order valence-electron chi connectivity index (χ1n) is 18.8. The molecule has 10 rings (SSSR count). The van der Waals surface area contributed by atoms with Gasteiger partial charge in [-0.05, 0) is 61.1 Å². The van der Waals surface area contributed by atoms with Crippen LogP contribution in [0.15, 0.2) is 73.6 Å². The Bertz CT molecular complexity index is 2100. The number of benzene rings is 2. The van der Waals surface area contributed by atoms with Gasteiger partial charge in [0.2, 0.25) is 0 Å². The number of aliphatic hydroxyl groups is 1. The van der Waals surface area contributed by atoms with Crippen LogP contribution in [0.25, 0.3) is 22.1 Å². The molecule has 11 nitrogen and oxygen atoms in total. The molecule has 2 aromatic carbocycles. The average Bonchev–Trinajstić information content (AvgIpc) is 3.48. The van der Waals surface area contributed by atoms with Crippen LogP contribution < -0.4 is 0 Å². The Morgan fingerprint density at radius 3 is 1.82 bits per heavy atom. The van der Waals surface area contributed by atoms with Crippen LogP contribution in [0.2, 0.25) is 0 Å². The van der Waals surface area contributed by atoms with Gasteiger partial charge >= 0.3 is 0 Å². The van der Waals surface area contributed by atoms with Gasteiger partial charge in [-0.1, -0.05) is 25.0 Å². The smallest absolute Gasteiger partial charge is 0.123 e. The van der Waals surface area contributed by atoms with E-state index in [0.717, 1.165) is 104 Å². The fourth-order valence-electron chi connectivity index (χ4n) is 8.24. The molecule has 262 valence electrons. The summed E-state index contributed by atoms with van der Waals surface area (Å²) in [6, 6.07) is 14.3. The van der Waals surface area contributed by atoms with Gasteiger partial charge in [0.15, 0.2) is 0 Å². The molecule has 0 amide bonds. The lowest BCUT2D eigenvalue weighted by molar-refractivity contribution is 0.130. The van der Waals surface area contributed by atoms with Crippen molar-refractivity contribution in [3.8, 4) is 0 Å².